The van der Waals surface area contributed by atoms with E-state index < -0.39 is 6.43 Å². The highest BCUT2D eigenvalue weighted by Crippen LogP contribution is 2.30. The number of nitriles is 1. The summed E-state index contributed by atoms with van der Waals surface area (Å²) >= 11 is 5.68. The van der Waals surface area contributed by atoms with Crippen LogP contribution in [0.15, 0.2) is 6.07 Å². The Morgan fingerprint density at radius 1 is 1.67 bits per heavy atom. The van der Waals surface area contributed by atoms with Crippen molar-refractivity contribution in [3.63, 3.8) is 0 Å². The van der Waals surface area contributed by atoms with Crippen molar-refractivity contribution in [2.24, 2.45) is 0 Å². The van der Waals surface area contributed by atoms with Gasteiger partial charge in [-0.1, -0.05) is 11.6 Å². The highest BCUT2D eigenvalue weighted by atomic mass is 35.5. The topological polar surface area (TPSA) is 45.9 Å². The largest absolute Gasteiger partial charge is 0.481 e. The van der Waals surface area contributed by atoms with Crippen molar-refractivity contribution in [1.82, 2.24) is 4.98 Å². The third-order valence-corrected chi connectivity index (χ3v) is 2.07. The Kier molecular flexibility index (Phi) is 3.81. The molecular formula is C9H7ClF2N2O. The summed E-state index contributed by atoms with van der Waals surface area (Å²) in [5.41, 5.74) is -0.0811. The lowest BCUT2D eigenvalue weighted by Gasteiger charge is -2.09. The first-order valence-electron chi connectivity index (χ1n) is 3.98. The van der Waals surface area contributed by atoms with Gasteiger partial charge in [0.05, 0.1) is 25.2 Å². The van der Waals surface area contributed by atoms with Gasteiger partial charge in [0.1, 0.15) is 5.15 Å². The second-order valence-corrected chi connectivity index (χ2v) is 3.03. The van der Waals surface area contributed by atoms with E-state index in [1.54, 1.807) is 0 Å². The second-order valence-electron chi connectivity index (χ2n) is 2.67. The molecular weight excluding hydrogens is 226 g/mol. The first-order valence-corrected chi connectivity index (χ1v) is 4.36. The summed E-state index contributed by atoms with van der Waals surface area (Å²) in [5, 5.41) is 8.46. The van der Waals surface area contributed by atoms with Crippen LogP contribution in [0.1, 0.15) is 17.6 Å². The summed E-state index contributed by atoms with van der Waals surface area (Å²) in [4.78, 5) is 3.64. The lowest BCUT2D eigenvalue weighted by atomic mass is 10.1. The number of aromatic nitrogens is 1. The van der Waals surface area contributed by atoms with E-state index in [4.69, 9.17) is 16.9 Å². The minimum atomic E-state index is -2.71. The molecule has 6 heteroatoms. The number of ether oxygens (including phenoxy) is 1. The van der Waals surface area contributed by atoms with Crippen LogP contribution in [0.5, 0.6) is 5.88 Å². The zero-order valence-electron chi connectivity index (χ0n) is 7.80. The van der Waals surface area contributed by atoms with E-state index in [1.165, 1.54) is 7.11 Å². The summed E-state index contributed by atoms with van der Waals surface area (Å²) in [6, 6.07) is 2.96. The van der Waals surface area contributed by atoms with Crippen LogP contribution in [-0.4, -0.2) is 12.1 Å². The van der Waals surface area contributed by atoms with Gasteiger partial charge in [0.2, 0.25) is 5.88 Å². The molecule has 0 aliphatic heterocycles. The standard InChI is InChI=1S/C9H7ClF2N2O/c1-15-9-6(8(11)12)4-5(2-3-13)7(10)14-9/h4,8H,2H2,1H3. The molecule has 1 aromatic rings. The molecule has 80 valence electrons. The lowest BCUT2D eigenvalue weighted by Crippen LogP contribution is -1.99. The maximum Gasteiger partial charge on any atom is 0.269 e. The predicted octanol–water partition coefficient (Wildman–Crippen LogP) is 2.75. The van der Waals surface area contributed by atoms with E-state index >= 15 is 0 Å². The van der Waals surface area contributed by atoms with Gasteiger partial charge in [-0.15, -0.1) is 0 Å². The van der Waals surface area contributed by atoms with Crippen molar-refractivity contribution >= 4 is 11.6 Å². The molecule has 1 heterocycles. The Labute approximate surface area is 90.3 Å². The van der Waals surface area contributed by atoms with Gasteiger partial charge in [0.15, 0.2) is 0 Å². The zero-order valence-corrected chi connectivity index (χ0v) is 8.55. The third kappa shape index (κ3) is 2.54. The number of hydrogen-bond donors (Lipinski definition) is 0. The van der Waals surface area contributed by atoms with Crippen molar-refractivity contribution in [2.75, 3.05) is 7.11 Å². The van der Waals surface area contributed by atoms with Gasteiger partial charge in [-0.25, -0.2) is 13.8 Å². The van der Waals surface area contributed by atoms with Crippen LogP contribution in [0, 0.1) is 11.3 Å². The first kappa shape index (κ1) is 11.7. The van der Waals surface area contributed by atoms with E-state index in [-0.39, 0.29) is 28.6 Å². The number of methoxy groups -OCH3 is 1. The van der Waals surface area contributed by atoms with Crippen molar-refractivity contribution in [1.29, 1.82) is 5.26 Å². The van der Waals surface area contributed by atoms with Crippen LogP contribution in [0.2, 0.25) is 5.15 Å². The van der Waals surface area contributed by atoms with Crippen LogP contribution >= 0.6 is 11.6 Å². The Morgan fingerprint density at radius 3 is 2.80 bits per heavy atom. The second kappa shape index (κ2) is 4.89. The van der Waals surface area contributed by atoms with Gasteiger partial charge >= 0.3 is 0 Å². The molecule has 15 heavy (non-hydrogen) atoms. The summed E-state index contributed by atoms with van der Waals surface area (Å²) in [5.74, 6) is -0.211. The molecule has 0 N–H and O–H groups in total. The van der Waals surface area contributed by atoms with Crippen LogP contribution in [0.3, 0.4) is 0 Å². The molecule has 0 spiro atoms. The van der Waals surface area contributed by atoms with Crippen LogP contribution in [0.4, 0.5) is 8.78 Å². The van der Waals surface area contributed by atoms with Gasteiger partial charge in [0, 0.05) is 5.56 Å². The third-order valence-electron chi connectivity index (χ3n) is 1.74. The van der Waals surface area contributed by atoms with Gasteiger partial charge in [-0.2, -0.15) is 5.26 Å². The maximum absolute atomic E-state index is 12.5. The molecule has 0 aliphatic rings. The quantitative estimate of drug-likeness (QED) is 0.753. The average Bonchev–Trinajstić information content (AvgIpc) is 2.20. The fourth-order valence-corrected chi connectivity index (χ4v) is 1.26. The van der Waals surface area contributed by atoms with E-state index in [2.05, 4.69) is 9.72 Å². The number of rotatable bonds is 3. The normalized spacial score (nSPS) is 10.1. The summed E-state index contributed by atoms with van der Waals surface area (Å²) in [6.45, 7) is 0. The van der Waals surface area contributed by atoms with Gasteiger partial charge in [0.25, 0.3) is 6.43 Å². The van der Waals surface area contributed by atoms with E-state index in [0.717, 1.165) is 6.07 Å². The number of halogens is 3. The number of hydrogen-bond acceptors (Lipinski definition) is 3. The van der Waals surface area contributed by atoms with Gasteiger partial charge < -0.3 is 4.74 Å². The van der Waals surface area contributed by atoms with Crippen molar-refractivity contribution in [3.05, 3.63) is 22.3 Å². The van der Waals surface area contributed by atoms with Crippen molar-refractivity contribution < 1.29 is 13.5 Å². The molecule has 0 unspecified atom stereocenters. The number of alkyl halides is 2. The molecule has 0 aromatic carbocycles. The Bertz CT molecular complexity index is 404. The highest BCUT2D eigenvalue weighted by Gasteiger charge is 2.18. The van der Waals surface area contributed by atoms with E-state index in [0.29, 0.717) is 0 Å². The Morgan fingerprint density at radius 2 is 2.33 bits per heavy atom. The van der Waals surface area contributed by atoms with Crippen LogP contribution in [-0.2, 0) is 6.42 Å². The zero-order chi connectivity index (χ0) is 11.4. The smallest absolute Gasteiger partial charge is 0.269 e. The Balaban J connectivity index is 3.25. The predicted molar refractivity (Wildman–Crippen MR) is 50.1 cm³/mol. The highest BCUT2D eigenvalue weighted by molar-refractivity contribution is 6.30. The summed E-state index contributed by atoms with van der Waals surface area (Å²) in [7, 11) is 1.23. The first-order chi connectivity index (χ1) is 7.10. The fourth-order valence-electron chi connectivity index (χ4n) is 1.06. The molecule has 0 aliphatic carbocycles. The van der Waals surface area contributed by atoms with E-state index in [1.807, 2.05) is 6.07 Å². The monoisotopic (exact) mass is 232 g/mol. The molecule has 0 radical (unpaired) electrons. The molecule has 0 saturated heterocycles. The molecule has 1 aromatic heterocycles. The van der Waals surface area contributed by atoms with Crippen molar-refractivity contribution in [3.8, 4) is 11.9 Å². The van der Waals surface area contributed by atoms with Gasteiger partial charge in [-0.3, -0.25) is 0 Å². The maximum atomic E-state index is 12.5. The van der Waals surface area contributed by atoms with Crippen LogP contribution in [0.25, 0.3) is 0 Å². The number of pyridine rings is 1. The molecule has 3 nitrogen and oxygen atoms in total. The summed E-state index contributed by atoms with van der Waals surface area (Å²) < 4.78 is 29.7. The summed E-state index contributed by atoms with van der Waals surface area (Å²) in [6.07, 6.45) is -2.77. The molecule has 0 bridgehead atoms. The van der Waals surface area contributed by atoms with Crippen LogP contribution < -0.4 is 4.74 Å². The molecule has 0 atom stereocenters. The van der Waals surface area contributed by atoms with E-state index in [9.17, 15) is 8.78 Å². The molecule has 0 saturated carbocycles. The molecule has 1 rings (SSSR count). The fraction of sp³-hybridized carbons (Fsp3) is 0.333. The molecule has 0 fully saturated rings. The average molecular weight is 233 g/mol. The lowest BCUT2D eigenvalue weighted by molar-refractivity contribution is 0.146. The molecule has 0 amide bonds. The number of nitrogens with zero attached hydrogens (tertiary/aromatic N) is 2. The minimum absolute atomic E-state index is 0.0119. The van der Waals surface area contributed by atoms with Gasteiger partial charge in [-0.05, 0) is 6.07 Å². The van der Waals surface area contributed by atoms with Crippen molar-refractivity contribution in [2.45, 2.75) is 12.8 Å². The minimum Gasteiger partial charge on any atom is -0.481 e. The Hall–Kier alpha value is -1.41. The SMILES string of the molecule is COc1nc(Cl)c(CC#N)cc1C(F)F.